The molecule has 4 rings (SSSR count). The number of phenols is 1. The van der Waals surface area contributed by atoms with Crippen molar-refractivity contribution in [3.63, 3.8) is 0 Å². The third-order valence-electron chi connectivity index (χ3n) is 6.94. The SMILES string of the molecule is COc1ccc([C@@H]2CCc3cc(OC(=O)C(C)(C)C)ccc3C2)c(N(CC(C)=O)C(=O)c2ccc(O)cc2)c1. The normalized spacial score (nSPS) is 14.7. The van der Waals surface area contributed by atoms with Gasteiger partial charge in [-0.25, -0.2) is 0 Å². The van der Waals surface area contributed by atoms with Crippen molar-refractivity contribution in [2.24, 2.45) is 5.41 Å². The first-order chi connectivity index (χ1) is 18.5. The molecule has 0 fully saturated rings. The van der Waals surface area contributed by atoms with Crippen LogP contribution < -0.4 is 14.4 Å². The fourth-order valence-electron chi connectivity index (χ4n) is 4.80. The Morgan fingerprint density at radius 3 is 2.28 bits per heavy atom. The Labute approximate surface area is 229 Å². The zero-order valence-corrected chi connectivity index (χ0v) is 23.1. The minimum atomic E-state index is -0.588. The van der Waals surface area contributed by atoms with E-state index in [-0.39, 0.29) is 35.9 Å². The average Bonchev–Trinajstić information content (AvgIpc) is 2.90. The van der Waals surface area contributed by atoms with Crippen molar-refractivity contribution in [1.29, 1.82) is 0 Å². The van der Waals surface area contributed by atoms with Gasteiger partial charge in [0.05, 0.1) is 24.8 Å². The lowest BCUT2D eigenvalue weighted by molar-refractivity contribution is -0.143. The summed E-state index contributed by atoms with van der Waals surface area (Å²) < 4.78 is 11.1. The van der Waals surface area contributed by atoms with Gasteiger partial charge in [-0.2, -0.15) is 0 Å². The summed E-state index contributed by atoms with van der Waals surface area (Å²) in [6, 6.07) is 17.4. The number of aryl methyl sites for hydroxylation is 1. The van der Waals surface area contributed by atoms with Crippen LogP contribution in [0.15, 0.2) is 60.7 Å². The number of ether oxygens (including phenoxy) is 2. The number of fused-ring (bicyclic) bond motifs is 1. The molecular weight excluding hydrogens is 494 g/mol. The number of carbonyl (C=O) groups excluding carboxylic acids is 3. The van der Waals surface area contributed by atoms with Crippen molar-refractivity contribution >= 4 is 23.3 Å². The molecule has 3 aromatic rings. The van der Waals surface area contributed by atoms with Crippen LogP contribution in [0.3, 0.4) is 0 Å². The van der Waals surface area contributed by atoms with E-state index in [1.807, 2.05) is 51.1 Å². The Hall–Kier alpha value is -4.13. The molecule has 7 heteroatoms. The summed E-state index contributed by atoms with van der Waals surface area (Å²) in [7, 11) is 1.57. The third-order valence-corrected chi connectivity index (χ3v) is 6.94. The van der Waals surface area contributed by atoms with Crippen molar-refractivity contribution in [3.8, 4) is 17.2 Å². The summed E-state index contributed by atoms with van der Waals surface area (Å²) in [6.45, 7) is 6.84. The zero-order valence-electron chi connectivity index (χ0n) is 23.1. The van der Waals surface area contributed by atoms with Crippen molar-refractivity contribution in [1.82, 2.24) is 0 Å². The average molecular weight is 530 g/mol. The van der Waals surface area contributed by atoms with E-state index in [9.17, 15) is 19.5 Å². The Morgan fingerprint density at radius 2 is 1.64 bits per heavy atom. The highest BCUT2D eigenvalue weighted by atomic mass is 16.5. The van der Waals surface area contributed by atoms with Crippen LogP contribution in [0.4, 0.5) is 5.69 Å². The van der Waals surface area contributed by atoms with Gasteiger partial charge in [0.15, 0.2) is 0 Å². The molecule has 0 spiro atoms. The maximum absolute atomic E-state index is 13.6. The molecule has 0 aliphatic heterocycles. The number of aromatic hydroxyl groups is 1. The van der Waals surface area contributed by atoms with Gasteiger partial charge < -0.3 is 19.5 Å². The standard InChI is InChI=1S/C32H35NO6/c1-20(34)19-33(30(36)21-8-11-25(35)12-9-21)29-18-26(38-5)14-15-28(29)24-7-6-23-17-27(13-10-22(23)16-24)39-31(37)32(2,3)4/h8-15,17-18,24,35H,6-7,16,19H2,1-5H3/t24-/m1/s1. The van der Waals surface area contributed by atoms with Crippen molar-refractivity contribution in [3.05, 3.63) is 82.9 Å². The molecule has 204 valence electrons. The van der Waals surface area contributed by atoms with E-state index in [1.54, 1.807) is 25.3 Å². The van der Waals surface area contributed by atoms with Crippen LogP contribution in [-0.4, -0.2) is 36.4 Å². The highest BCUT2D eigenvalue weighted by Gasteiger charge is 2.29. The molecule has 0 aromatic heterocycles. The summed E-state index contributed by atoms with van der Waals surface area (Å²) >= 11 is 0. The number of Topliss-reactive ketones (excluding diaryl/α,β-unsaturated/α-hetero) is 1. The number of phenolic OH excluding ortho intramolecular Hbond substituents is 1. The molecule has 3 aromatic carbocycles. The number of rotatable bonds is 7. The van der Waals surface area contributed by atoms with Gasteiger partial charge >= 0.3 is 5.97 Å². The molecule has 0 saturated carbocycles. The fourth-order valence-corrected chi connectivity index (χ4v) is 4.80. The van der Waals surface area contributed by atoms with Crippen LogP contribution in [-0.2, 0) is 22.4 Å². The number of methoxy groups -OCH3 is 1. The second kappa shape index (κ2) is 11.3. The molecule has 0 saturated heterocycles. The number of benzene rings is 3. The lowest BCUT2D eigenvalue weighted by atomic mass is 9.79. The Balaban J connectivity index is 1.67. The predicted octanol–water partition coefficient (Wildman–Crippen LogP) is 5.86. The third kappa shape index (κ3) is 6.48. The van der Waals surface area contributed by atoms with E-state index in [2.05, 4.69) is 0 Å². The quantitative estimate of drug-likeness (QED) is 0.304. The number of ketones is 1. The van der Waals surface area contributed by atoms with E-state index in [4.69, 9.17) is 9.47 Å². The molecule has 1 atom stereocenters. The smallest absolute Gasteiger partial charge is 0.316 e. The van der Waals surface area contributed by atoms with E-state index in [0.717, 1.165) is 36.0 Å². The molecule has 1 N–H and O–H groups in total. The number of esters is 1. The van der Waals surface area contributed by atoms with Gasteiger partial charge in [-0.1, -0.05) is 12.1 Å². The number of amides is 1. The maximum Gasteiger partial charge on any atom is 0.316 e. The topological polar surface area (TPSA) is 93.1 Å². The molecule has 0 unspecified atom stereocenters. The van der Waals surface area contributed by atoms with Gasteiger partial charge in [0.2, 0.25) is 0 Å². The summed E-state index contributed by atoms with van der Waals surface area (Å²) in [5, 5.41) is 9.68. The van der Waals surface area contributed by atoms with Gasteiger partial charge in [-0.05, 0) is 112 Å². The minimum Gasteiger partial charge on any atom is -0.508 e. The highest BCUT2D eigenvalue weighted by Crippen LogP contribution is 2.40. The summed E-state index contributed by atoms with van der Waals surface area (Å²) in [6.07, 6.45) is 2.35. The fraction of sp³-hybridized carbons (Fsp3) is 0.344. The Bertz CT molecular complexity index is 1390. The van der Waals surface area contributed by atoms with Crippen LogP contribution >= 0.6 is 0 Å². The number of hydrogen-bond donors (Lipinski definition) is 1. The van der Waals surface area contributed by atoms with Gasteiger partial charge in [0, 0.05) is 11.6 Å². The molecule has 0 bridgehead atoms. The Morgan fingerprint density at radius 1 is 0.949 bits per heavy atom. The first kappa shape index (κ1) is 27.9. The number of hydrogen-bond acceptors (Lipinski definition) is 6. The molecule has 1 amide bonds. The second-order valence-corrected chi connectivity index (χ2v) is 11.1. The summed E-state index contributed by atoms with van der Waals surface area (Å²) in [5.41, 5.74) is 3.67. The number of nitrogens with zero attached hydrogens (tertiary/aromatic N) is 1. The molecule has 7 nitrogen and oxygen atoms in total. The first-order valence-corrected chi connectivity index (χ1v) is 13.1. The number of carbonyl (C=O) groups is 3. The van der Waals surface area contributed by atoms with E-state index < -0.39 is 5.41 Å². The monoisotopic (exact) mass is 529 g/mol. The molecule has 0 radical (unpaired) electrons. The second-order valence-electron chi connectivity index (χ2n) is 11.1. The van der Waals surface area contributed by atoms with Gasteiger partial charge in [-0.3, -0.25) is 14.4 Å². The Kier molecular flexibility index (Phi) is 8.09. The maximum atomic E-state index is 13.6. The van der Waals surface area contributed by atoms with Crippen LogP contribution in [0.2, 0.25) is 0 Å². The lowest BCUT2D eigenvalue weighted by Gasteiger charge is -2.31. The largest absolute Gasteiger partial charge is 0.508 e. The van der Waals surface area contributed by atoms with E-state index >= 15 is 0 Å². The first-order valence-electron chi connectivity index (χ1n) is 13.1. The van der Waals surface area contributed by atoms with Crippen molar-refractivity contribution < 1.29 is 29.0 Å². The lowest BCUT2D eigenvalue weighted by Crippen LogP contribution is -2.36. The molecule has 1 aliphatic rings. The summed E-state index contributed by atoms with van der Waals surface area (Å²) in [5.74, 6) is 0.533. The van der Waals surface area contributed by atoms with Crippen LogP contribution in [0.5, 0.6) is 17.2 Å². The van der Waals surface area contributed by atoms with E-state index in [1.165, 1.54) is 24.0 Å². The summed E-state index contributed by atoms with van der Waals surface area (Å²) in [4.78, 5) is 39.8. The van der Waals surface area contributed by atoms with Crippen LogP contribution in [0, 0.1) is 5.41 Å². The minimum absolute atomic E-state index is 0.0592. The van der Waals surface area contributed by atoms with Crippen LogP contribution in [0.1, 0.15) is 67.1 Å². The highest BCUT2D eigenvalue weighted by molar-refractivity contribution is 6.09. The van der Waals surface area contributed by atoms with E-state index in [0.29, 0.717) is 22.7 Å². The number of anilines is 1. The molecule has 0 heterocycles. The molecular formula is C32H35NO6. The molecule has 39 heavy (non-hydrogen) atoms. The van der Waals surface area contributed by atoms with Crippen LogP contribution in [0.25, 0.3) is 0 Å². The molecule has 1 aliphatic carbocycles. The predicted molar refractivity (Wildman–Crippen MR) is 150 cm³/mol. The van der Waals surface area contributed by atoms with Gasteiger partial charge in [0.25, 0.3) is 5.91 Å². The van der Waals surface area contributed by atoms with Crippen molar-refractivity contribution in [2.45, 2.75) is 52.9 Å². The van der Waals surface area contributed by atoms with Gasteiger partial charge in [-0.15, -0.1) is 0 Å². The zero-order chi connectivity index (χ0) is 28.3. The van der Waals surface area contributed by atoms with Crippen molar-refractivity contribution in [2.75, 3.05) is 18.6 Å². The van der Waals surface area contributed by atoms with Gasteiger partial charge in [0.1, 0.15) is 23.0 Å².